The number of ether oxygens (including phenoxy) is 2. The minimum atomic E-state index is -0.675. The third-order valence-electron chi connectivity index (χ3n) is 7.01. The number of phenolic OH excluding ortho intramolecular Hbond substituents is 1. The lowest BCUT2D eigenvalue weighted by molar-refractivity contribution is -0.123. The Balaban J connectivity index is 1.30. The van der Waals surface area contributed by atoms with Crippen LogP contribution in [0.25, 0.3) is 0 Å². The van der Waals surface area contributed by atoms with Crippen LogP contribution < -0.4 is 25.8 Å². The molecule has 5 rings (SSSR count). The van der Waals surface area contributed by atoms with Crippen LogP contribution in [0, 0.1) is 13.8 Å². The van der Waals surface area contributed by atoms with E-state index in [2.05, 4.69) is 34.9 Å². The zero-order chi connectivity index (χ0) is 25.2. The fourth-order valence-electron chi connectivity index (χ4n) is 5.15. The van der Waals surface area contributed by atoms with Crippen molar-refractivity contribution in [2.75, 3.05) is 25.1 Å². The highest BCUT2D eigenvalue weighted by Gasteiger charge is 2.25. The largest absolute Gasteiger partial charge is 0.508 e. The molecule has 36 heavy (non-hydrogen) atoms. The van der Waals surface area contributed by atoms with Crippen molar-refractivity contribution in [2.45, 2.75) is 45.2 Å². The van der Waals surface area contributed by atoms with E-state index in [9.17, 15) is 9.90 Å². The summed E-state index contributed by atoms with van der Waals surface area (Å²) in [7, 11) is 0. The molecule has 0 aromatic heterocycles. The summed E-state index contributed by atoms with van der Waals surface area (Å²) in [6.07, 6.45) is 1.96. The monoisotopic (exact) mass is 487 g/mol. The summed E-state index contributed by atoms with van der Waals surface area (Å²) < 4.78 is 11.4. The van der Waals surface area contributed by atoms with Crippen molar-refractivity contribution in [3.05, 3.63) is 81.9 Å². The number of nitrogens with two attached hydrogens (primary N) is 1. The number of amides is 1. The number of carbonyl (C=O) groups excluding carboxylic acids is 1. The molecule has 7 heteroatoms. The second-order valence-electron chi connectivity index (χ2n) is 9.72. The van der Waals surface area contributed by atoms with Crippen LogP contribution in [0.1, 0.15) is 45.8 Å². The number of nitrogens with one attached hydrogen (secondary N) is 2. The average Bonchev–Trinajstić information content (AvgIpc) is 2.86. The zero-order valence-corrected chi connectivity index (χ0v) is 20.8. The summed E-state index contributed by atoms with van der Waals surface area (Å²) in [4.78, 5) is 13.1. The van der Waals surface area contributed by atoms with Crippen LogP contribution in [-0.2, 0) is 17.6 Å². The van der Waals surface area contributed by atoms with Crippen LogP contribution in [-0.4, -0.2) is 36.8 Å². The Bertz CT molecular complexity index is 1270. The van der Waals surface area contributed by atoms with Crippen molar-refractivity contribution in [3.8, 4) is 17.2 Å². The number of fused-ring (bicyclic) bond motifs is 2. The Hall–Kier alpha value is -3.71. The number of carbonyl (C=O) groups is 1. The maximum absolute atomic E-state index is 13.1. The molecule has 2 atom stereocenters. The number of aryl methyl sites for hydroxylation is 2. The predicted molar refractivity (Wildman–Crippen MR) is 140 cm³/mol. The number of hydrogen-bond donors (Lipinski definition) is 4. The number of hydrogen-bond acceptors (Lipinski definition) is 6. The second-order valence-corrected chi connectivity index (χ2v) is 9.72. The summed E-state index contributed by atoms with van der Waals surface area (Å²) >= 11 is 0. The maximum Gasteiger partial charge on any atom is 0.237 e. The summed E-state index contributed by atoms with van der Waals surface area (Å²) in [5.41, 5.74) is 13.6. The van der Waals surface area contributed by atoms with Gasteiger partial charge in [-0.1, -0.05) is 18.2 Å². The number of benzene rings is 3. The highest BCUT2D eigenvalue weighted by Crippen LogP contribution is 2.34. The molecule has 188 valence electrons. The third-order valence-corrected chi connectivity index (χ3v) is 7.01. The highest BCUT2D eigenvalue weighted by atomic mass is 16.6. The van der Waals surface area contributed by atoms with Gasteiger partial charge in [0, 0.05) is 12.2 Å². The molecule has 7 nitrogen and oxygen atoms in total. The Labute approximate surface area is 211 Å². The van der Waals surface area contributed by atoms with Gasteiger partial charge in [0.2, 0.25) is 5.91 Å². The molecule has 2 aliphatic rings. The molecule has 1 amide bonds. The molecule has 0 saturated carbocycles. The van der Waals surface area contributed by atoms with Gasteiger partial charge < -0.3 is 30.9 Å². The quantitative estimate of drug-likeness (QED) is 0.420. The lowest BCUT2D eigenvalue weighted by atomic mass is 9.92. The zero-order valence-electron chi connectivity index (χ0n) is 20.8. The average molecular weight is 488 g/mol. The molecule has 3 aromatic rings. The van der Waals surface area contributed by atoms with Gasteiger partial charge in [-0.2, -0.15) is 0 Å². The van der Waals surface area contributed by atoms with E-state index in [1.807, 2.05) is 26.0 Å². The lowest BCUT2D eigenvalue weighted by Crippen LogP contribution is -2.44. The smallest absolute Gasteiger partial charge is 0.237 e. The van der Waals surface area contributed by atoms with Crippen LogP contribution in [0.3, 0.4) is 0 Å². The highest BCUT2D eigenvalue weighted by molar-refractivity contribution is 5.82. The molecule has 2 heterocycles. The van der Waals surface area contributed by atoms with E-state index in [1.54, 1.807) is 12.1 Å². The van der Waals surface area contributed by atoms with Crippen molar-refractivity contribution in [1.29, 1.82) is 0 Å². The van der Waals surface area contributed by atoms with Gasteiger partial charge in [-0.15, -0.1) is 0 Å². The Morgan fingerprint density at radius 1 is 1.06 bits per heavy atom. The summed E-state index contributed by atoms with van der Waals surface area (Å²) in [5, 5.41) is 16.4. The molecule has 5 N–H and O–H groups in total. The Morgan fingerprint density at radius 2 is 1.75 bits per heavy atom. The van der Waals surface area contributed by atoms with Gasteiger partial charge in [-0.25, -0.2) is 0 Å². The normalized spacial score (nSPS) is 17.0. The molecule has 0 saturated heterocycles. The van der Waals surface area contributed by atoms with Crippen LogP contribution in [0.5, 0.6) is 17.2 Å². The fourth-order valence-corrected chi connectivity index (χ4v) is 5.15. The van der Waals surface area contributed by atoms with Gasteiger partial charge in [0.05, 0.1) is 12.1 Å². The minimum Gasteiger partial charge on any atom is -0.508 e. The van der Waals surface area contributed by atoms with Crippen molar-refractivity contribution in [3.63, 3.8) is 0 Å². The molecule has 3 aromatic carbocycles. The molecule has 0 radical (unpaired) electrons. The second kappa shape index (κ2) is 10.1. The van der Waals surface area contributed by atoms with Gasteiger partial charge in [0.25, 0.3) is 0 Å². The van der Waals surface area contributed by atoms with Crippen LogP contribution in [0.2, 0.25) is 0 Å². The van der Waals surface area contributed by atoms with E-state index in [0.717, 1.165) is 70.0 Å². The molecule has 0 unspecified atom stereocenters. The van der Waals surface area contributed by atoms with Gasteiger partial charge in [0.15, 0.2) is 11.5 Å². The van der Waals surface area contributed by atoms with Gasteiger partial charge >= 0.3 is 0 Å². The van der Waals surface area contributed by atoms with Crippen molar-refractivity contribution in [2.24, 2.45) is 5.73 Å². The SMILES string of the molecule is Cc1cc(O)cc(C)c1C[C@H](N)C(=O)N[C@@H]1CCNc2ccc(Cc3ccc4c(c3)OCCO4)cc21. The Kier molecular flexibility index (Phi) is 6.74. The van der Waals surface area contributed by atoms with E-state index < -0.39 is 6.04 Å². The topological polar surface area (TPSA) is 106 Å². The van der Waals surface area contributed by atoms with E-state index in [-0.39, 0.29) is 17.7 Å². The number of phenols is 1. The Morgan fingerprint density at radius 3 is 2.53 bits per heavy atom. The summed E-state index contributed by atoms with van der Waals surface area (Å²) in [5.74, 6) is 1.63. The van der Waals surface area contributed by atoms with Crippen LogP contribution in [0.4, 0.5) is 5.69 Å². The summed E-state index contributed by atoms with van der Waals surface area (Å²) in [6.45, 7) is 5.79. The van der Waals surface area contributed by atoms with Gasteiger partial charge in [-0.3, -0.25) is 4.79 Å². The molecule has 0 bridgehead atoms. The summed E-state index contributed by atoms with van der Waals surface area (Å²) in [6, 6.07) is 15.1. The number of anilines is 1. The third kappa shape index (κ3) is 5.11. The predicted octanol–water partition coefficient (Wildman–Crippen LogP) is 3.91. The van der Waals surface area contributed by atoms with Crippen molar-refractivity contribution in [1.82, 2.24) is 5.32 Å². The fraction of sp³-hybridized carbons (Fsp3) is 0.345. The first-order valence-electron chi connectivity index (χ1n) is 12.5. The maximum atomic E-state index is 13.1. The van der Waals surface area contributed by atoms with E-state index in [1.165, 1.54) is 0 Å². The standard InChI is InChI=1S/C29H33N3O4/c1-17-11-21(33)12-18(2)22(17)16-24(30)29(34)32-26-7-8-31-25-5-3-19(14-23(25)26)13-20-4-6-27-28(15-20)36-10-9-35-27/h3-6,11-12,14-15,24,26,31,33H,7-10,13,16,30H2,1-2H3,(H,32,34)/t24-,26+/m0/s1. The molecule has 0 spiro atoms. The van der Waals surface area contributed by atoms with E-state index >= 15 is 0 Å². The number of aromatic hydroxyl groups is 1. The minimum absolute atomic E-state index is 0.109. The van der Waals surface area contributed by atoms with Crippen molar-refractivity contribution >= 4 is 11.6 Å². The van der Waals surface area contributed by atoms with Crippen LogP contribution in [0.15, 0.2) is 48.5 Å². The van der Waals surface area contributed by atoms with Crippen molar-refractivity contribution < 1.29 is 19.4 Å². The number of rotatable bonds is 6. The first kappa shape index (κ1) is 24.0. The first-order valence-corrected chi connectivity index (χ1v) is 12.5. The van der Waals surface area contributed by atoms with Gasteiger partial charge in [0.1, 0.15) is 19.0 Å². The van der Waals surface area contributed by atoms with E-state index in [4.69, 9.17) is 15.2 Å². The van der Waals surface area contributed by atoms with Gasteiger partial charge in [-0.05, 0) is 96.8 Å². The molecular weight excluding hydrogens is 454 g/mol. The lowest BCUT2D eigenvalue weighted by Gasteiger charge is -2.29. The van der Waals surface area contributed by atoms with Crippen LogP contribution >= 0.6 is 0 Å². The first-order chi connectivity index (χ1) is 17.4. The molecule has 0 fully saturated rings. The molecular formula is C29H33N3O4. The molecule has 0 aliphatic carbocycles. The molecule has 2 aliphatic heterocycles. The van der Waals surface area contributed by atoms with E-state index in [0.29, 0.717) is 19.6 Å².